The molecule has 0 bridgehead atoms. The Morgan fingerprint density at radius 1 is 1.45 bits per heavy atom. The number of ether oxygens (including phenoxy) is 1. The topological polar surface area (TPSA) is 105 Å². The number of rotatable bonds is 4. The summed E-state index contributed by atoms with van der Waals surface area (Å²) in [4.78, 5) is 11.6. The molecule has 0 aliphatic rings. The number of phenolic OH excluding ortho intramolecular Hbond substituents is 1. The number of anilines is 1. The molecule has 1 amide bonds. The molecule has 0 heterocycles. The molecule has 0 aliphatic heterocycles. The van der Waals surface area contributed by atoms with Crippen LogP contribution < -0.4 is 11.1 Å². The van der Waals surface area contributed by atoms with E-state index >= 15 is 0 Å². The summed E-state index contributed by atoms with van der Waals surface area (Å²) in [6.45, 7) is 5.60. The minimum atomic E-state index is -0.824. The van der Waals surface area contributed by atoms with Crippen molar-refractivity contribution < 1.29 is 19.7 Å². The molecule has 5 N–H and O–H groups in total. The van der Waals surface area contributed by atoms with Crippen molar-refractivity contribution in [1.82, 2.24) is 0 Å². The molecule has 1 unspecified atom stereocenters. The van der Waals surface area contributed by atoms with E-state index in [9.17, 15) is 15.0 Å². The molecular weight excluding hydrogens is 260 g/mol. The smallest absolute Gasteiger partial charge is 0.412 e. The van der Waals surface area contributed by atoms with E-state index in [4.69, 9.17) is 10.5 Å². The van der Waals surface area contributed by atoms with Gasteiger partial charge in [0.1, 0.15) is 11.4 Å². The Balaban J connectivity index is 2.75. The molecule has 0 radical (unpaired) electrons. The van der Waals surface area contributed by atoms with E-state index in [1.165, 1.54) is 6.07 Å². The largest absolute Gasteiger partial charge is 0.507 e. The van der Waals surface area contributed by atoms with E-state index in [-0.39, 0.29) is 5.75 Å². The maximum absolute atomic E-state index is 11.6. The number of nitrogens with two attached hydrogens (primary N) is 1. The number of hydrogen-bond donors (Lipinski definition) is 4. The molecule has 1 atom stereocenters. The number of carbonyl (C=O) groups excluding carboxylic acids is 1. The fourth-order valence-corrected chi connectivity index (χ4v) is 1.64. The Labute approximate surface area is 118 Å². The maximum Gasteiger partial charge on any atom is 0.412 e. The number of aliphatic hydroxyl groups is 1. The molecule has 6 heteroatoms. The number of benzene rings is 1. The van der Waals surface area contributed by atoms with Crippen molar-refractivity contribution in [2.45, 2.75) is 38.9 Å². The Bertz CT molecular complexity index is 469. The number of nitrogens with one attached hydrogen (secondary N) is 1. The normalized spacial score (nSPS) is 12.8. The minimum Gasteiger partial charge on any atom is -0.507 e. The van der Waals surface area contributed by atoms with E-state index in [2.05, 4.69) is 5.32 Å². The third kappa shape index (κ3) is 5.07. The van der Waals surface area contributed by atoms with Gasteiger partial charge in [0, 0.05) is 17.3 Å². The highest BCUT2D eigenvalue weighted by molar-refractivity contribution is 5.85. The first-order chi connectivity index (χ1) is 9.23. The molecule has 0 spiro atoms. The van der Waals surface area contributed by atoms with Crippen LogP contribution in [0.1, 0.15) is 38.9 Å². The lowest BCUT2D eigenvalue weighted by molar-refractivity contribution is 0.0636. The van der Waals surface area contributed by atoms with Gasteiger partial charge in [-0.1, -0.05) is 6.07 Å². The summed E-state index contributed by atoms with van der Waals surface area (Å²) < 4.78 is 5.10. The molecule has 20 heavy (non-hydrogen) atoms. The molecule has 0 saturated carbocycles. The highest BCUT2D eigenvalue weighted by Crippen LogP contribution is 2.29. The lowest BCUT2D eigenvalue weighted by Crippen LogP contribution is -2.27. The van der Waals surface area contributed by atoms with Gasteiger partial charge in [-0.3, -0.25) is 5.32 Å². The first-order valence-electron chi connectivity index (χ1n) is 6.44. The van der Waals surface area contributed by atoms with E-state index in [1.807, 2.05) is 0 Å². The van der Waals surface area contributed by atoms with Crippen LogP contribution in [0.5, 0.6) is 5.75 Å². The Morgan fingerprint density at radius 2 is 2.10 bits per heavy atom. The van der Waals surface area contributed by atoms with E-state index in [1.54, 1.807) is 32.9 Å². The van der Waals surface area contributed by atoms with E-state index in [0.717, 1.165) is 0 Å². The number of carbonyl (C=O) groups is 1. The van der Waals surface area contributed by atoms with Crippen molar-refractivity contribution >= 4 is 11.8 Å². The highest BCUT2D eigenvalue weighted by atomic mass is 16.6. The van der Waals surface area contributed by atoms with Gasteiger partial charge in [0.05, 0.1) is 6.10 Å². The van der Waals surface area contributed by atoms with Crippen LogP contribution in [0, 0.1) is 0 Å². The minimum absolute atomic E-state index is 0.0977. The van der Waals surface area contributed by atoms with Crippen molar-refractivity contribution in [1.29, 1.82) is 0 Å². The predicted molar refractivity (Wildman–Crippen MR) is 76.6 cm³/mol. The monoisotopic (exact) mass is 282 g/mol. The summed E-state index contributed by atoms with van der Waals surface area (Å²) in [6, 6.07) is 4.49. The van der Waals surface area contributed by atoms with Crippen molar-refractivity contribution in [3.8, 4) is 5.75 Å². The molecular formula is C14H22N2O4. The zero-order valence-electron chi connectivity index (χ0n) is 12.0. The summed E-state index contributed by atoms with van der Waals surface area (Å²) >= 11 is 0. The summed E-state index contributed by atoms with van der Waals surface area (Å²) in [5.74, 6) is -0.0977. The second-order valence-electron chi connectivity index (χ2n) is 5.49. The molecule has 1 rings (SSSR count). The van der Waals surface area contributed by atoms with Gasteiger partial charge in [-0.05, 0) is 39.8 Å². The number of amides is 1. The third-order valence-corrected chi connectivity index (χ3v) is 2.47. The van der Waals surface area contributed by atoms with Gasteiger partial charge in [-0.2, -0.15) is 0 Å². The fraction of sp³-hybridized carbons (Fsp3) is 0.500. The van der Waals surface area contributed by atoms with E-state index in [0.29, 0.717) is 24.2 Å². The van der Waals surface area contributed by atoms with Crippen LogP contribution >= 0.6 is 0 Å². The first kappa shape index (κ1) is 16.3. The average molecular weight is 282 g/mol. The summed E-state index contributed by atoms with van der Waals surface area (Å²) in [5.41, 5.74) is 5.53. The summed E-state index contributed by atoms with van der Waals surface area (Å²) in [6.07, 6.45) is -1.07. The summed E-state index contributed by atoms with van der Waals surface area (Å²) in [5, 5.41) is 22.1. The number of aromatic hydroxyl groups is 1. The van der Waals surface area contributed by atoms with Gasteiger partial charge < -0.3 is 20.7 Å². The fourth-order valence-electron chi connectivity index (χ4n) is 1.64. The zero-order valence-corrected chi connectivity index (χ0v) is 12.0. The molecule has 1 aromatic carbocycles. The Hall–Kier alpha value is -1.79. The van der Waals surface area contributed by atoms with Crippen LogP contribution in [-0.4, -0.2) is 28.5 Å². The molecule has 6 nitrogen and oxygen atoms in total. The molecule has 112 valence electrons. The van der Waals surface area contributed by atoms with Gasteiger partial charge in [0.2, 0.25) is 0 Å². The van der Waals surface area contributed by atoms with Gasteiger partial charge in [0.25, 0.3) is 0 Å². The molecule has 0 fully saturated rings. The molecule has 0 aromatic heterocycles. The number of phenols is 1. The average Bonchev–Trinajstić information content (AvgIpc) is 2.26. The van der Waals surface area contributed by atoms with Crippen molar-refractivity contribution in [3.05, 3.63) is 23.8 Å². The van der Waals surface area contributed by atoms with Crippen molar-refractivity contribution in [3.63, 3.8) is 0 Å². The maximum atomic E-state index is 11.6. The van der Waals surface area contributed by atoms with Crippen LogP contribution in [0.25, 0.3) is 0 Å². The Kier molecular flexibility index (Phi) is 5.35. The SMILES string of the molecule is CC(C)(C)OC(=O)Nc1ccc(C(O)CCN)c(O)c1. The number of aliphatic hydroxyl groups excluding tert-OH is 1. The quantitative estimate of drug-likeness (QED) is 0.677. The second kappa shape index (κ2) is 6.58. The summed E-state index contributed by atoms with van der Waals surface area (Å²) in [7, 11) is 0. The standard InChI is InChI=1S/C14H22N2O4/c1-14(2,3)20-13(19)16-9-4-5-10(12(18)8-9)11(17)6-7-15/h4-5,8,11,17-18H,6-7,15H2,1-3H3,(H,16,19). The second-order valence-corrected chi connectivity index (χ2v) is 5.49. The van der Waals surface area contributed by atoms with E-state index < -0.39 is 17.8 Å². The highest BCUT2D eigenvalue weighted by Gasteiger charge is 2.17. The Morgan fingerprint density at radius 3 is 2.60 bits per heavy atom. The molecule has 0 aliphatic carbocycles. The third-order valence-electron chi connectivity index (χ3n) is 2.47. The van der Waals surface area contributed by atoms with Crippen LogP contribution in [0.2, 0.25) is 0 Å². The van der Waals surface area contributed by atoms with Crippen molar-refractivity contribution in [2.24, 2.45) is 5.73 Å². The predicted octanol–water partition coefficient (Wildman–Crippen LogP) is 2.12. The molecule has 0 saturated heterocycles. The first-order valence-corrected chi connectivity index (χ1v) is 6.44. The van der Waals surface area contributed by atoms with Crippen LogP contribution in [-0.2, 0) is 4.74 Å². The van der Waals surface area contributed by atoms with Crippen molar-refractivity contribution in [2.75, 3.05) is 11.9 Å². The van der Waals surface area contributed by atoms with Gasteiger partial charge >= 0.3 is 6.09 Å². The molecule has 1 aromatic rings. The van der Waals surface area contributed by atoms with Crippen LogP contribution in [0.3, 0.4) is 0 Å². The lowest BCUT2D eigenvalue weighted by atomic mass is 10.0. The van der Waals surface area contributed by atoms with Gasteiger partial charge in [0.15, 0.2) is 0 Å². The van der Waals surface area contributed by atoms with Crippen LogP contribution in [0.15, 0.2) is 18.2 Å². The van der Waals surface area contributed by atoms with Crippen LogP contribution in [0.4, 0.5) is 10.5 Å². The van der Waals surface area contributed by atoms with Gasteiger partial charge in [-0.25, -0.2) is 4.79 Å². The zero-order chi connectivity index (χ0) is 15.3. The van der Waals surface area contributed by atoms with Gasteiger partial charge in [-0.15, -0.1) is 0 Å². The lowest BCUT2D eigenvalue weighted by Gasteiger charge is -2.20. The number of hydrogen-bond acceptors (Lipinski definition) is 5.